The van der Waals surface area contributed by atoms with Crippen molar-refractivity contribution in [1.29, 1.82) is 0 Å². The van der Waals surface area contributed by atoms with E-state index < -0.39 is 12.6 Å². The highest BCUT2D eigenvalue weighted by molar-refractivity contribution is 7.80. The second-order valence-corrected chi connectivity index (χ2v) is 4.10. The summed E-state index contributed by atoms with van der Waals surface area (Å²) in [5, 5.41) is 15.7. The number of hydrogen-bond donors (Lipinski definition) is 2. The minimum atomic E-state index is -1.29. The van der Waals surface area contributed by atoms with Gasteiger partial charge in [-0.25, -0.2) is 0 Å². The van der Waals surface area contributed by atoms with Gasteiger partial charge in [-0.05, 0) is 36.0 Å². The Morgan fingerprint density at radius 2 is 2.00 bits per heavy atom. The lowest BCUT2D eigenvalue weighted by molar-refractivity contribution is -0.307. The molecule has 6 nitrogen and oxygen atoms in total. The minimum Gasteiger partial charge on any atom is -0.546 e. The van der Waals surface area contributed by atoms with E-state index in [1.807, 2.05) is 0 Å². The number of hydrogen-bond acceptors (Lipinski definition) is 5. The lowest BCUT2D eigenvalue weighted by atomic mass is 10.2. The number of carbonyl (C=O) groups is 2. The smallest absolute Gasteiger partial charge is 0.273 e. The molecule has 0 saturated carbocycles. The maximum absolute atomic E-state index is 11.4. The number of benzene rings is 1. The number of nitrogens with one attached hydrogen (secondary N) is 2. The number of carboxylic acids is 1. The highest BCUT2D eigenvalue weighted by Crippen LogP contribution is 2.14. The fourth-order valence-electron chi connectivity index (χ4n) is 1.45. The van der Waals surface area contributed by atoms with Crippen molar-refractivity contribution in [1.82, 2.24) is 10.6 Å². The molecular formula is C12H9N2O4S-. The molecule has 0 bridgehead atoms. The molecule has 0 unspecified atom stereocenters. The van der Waals surface area contributed by atoms with Gasteiger partial charge in [0.1, 0.15) is 18.1 Å². The van der Waals surface area contributed by atoms with E-state index in [1.54, 1.807) is 30.3 Å². The van der Waals surface area contributed by atoms with Crippen molar-refractivity contribution >= 4 is 35.3 Å². The Morgan fingerprint density at radius 3 is 2.53 bits per heavy atom. The van der Waals surface area contributed by atoms with Gasteiger partial charge >= 0.3 is 0 Å². The molecule has 1 aliphatic rings. The van der Waals surface area contributed by atoms with Crippen LogP contribution in [0.1, 0.15) is 5.56 Å². The van der Waals surface area contributed by atoms with Crippen molar-refractivity contribution in [2.75, 3.05) is 6.61 Å². The van der Waals surface area contributed by atoms with Gasteiger partial charge in [-0.1, -0.05) is 12.1 Å². The van der Waals surface area contributed by atoms with E-state index in [-0.39, 0.29) is 11.0 Å². The van der Waals surface area contributed by atoms with Crippen molar-refractivity contribution in [2.24, 2.45) is 0 Å². The highest BCUT2D eigenvalue weighted by Gasteiger charge is 2.19. The number of amides is 1. The monoisotopic (exact) mass is 277 g/mol. The highest BCUT2D eigenvalue weighted by atomic mass is 32.1. The molecule has 0 aliphatic carbocycles. The van der Waals surface area contributed by atoms with Crippen molar-refractivity contribution in [3.8, 4) is 5.75 Å². The Kier molecular flexibility index (Phi) is 3.76. The summed E-state index contributed by atoms with van der Waals surface area (Å²) < 4.78 is 4.93. The van der Waals surface area contributed by atoms with Gasteiger partial charge in [0.25, 0.3) is 5.91 Å². The maximum Gasteiger partial charge on any atom is 0.273 e. The van der Waals surface area contributed by atoms with Gasteiger partial charge in [-0.3, -0.25) is 10.1 Å². The molecule has 1 amide bonds. The fourth-order valence-corrected chi connectivity index (χ4v) is 1.65. The number of carboxylic acid groups (broad SMARTS) is 1. The predicted molar refractivity (Wildman–Crippen MR) is 68.8 cm³/mol. The van der Waals surface area contributed by atoms with Crippen LogP contribution < -0.4 is 20.5 Å². The Balaban J connectivity index is 2.06. The first-order chi connectivity index (χ1) is 9.04. The maximum atomic E-state index is 11.4. The van der Waals surface area contributed by atoms with Crippen LogP contribution in [0.4, 0.5) is 0 Å². The molecule has 1 saturated heterocycles. The first-order valence-corrected chi connectivity index (χ1v) is 5.72. The van der Waals surface area contributed by atoms with E-state index in [0.29, 0.717) is 11.4 Å². The average molecular weight is 277 g/mol. The Morgan fingerprint density at radius 1 is 1.32 bits per heavy atom. The van der Waals surface area contributed by atoms with E-state index in [1.165, 1.54) is 0 Å². The third kappa shape index (κ3) is 3.52. The van der Waals surface area contributed by atoms with Crippen LogP contribution in [0.15, 0.2) is 30.0 Å². The normalized spacial score (nSPS) is 16.1. The quantitative estimate of drug-likeness (QED) is 0.551. The summed E-state index contributed by atoms with van der Waals surface area (Å²) in [7, 11) is 0. The summed E-state index contributed by atoms with van der Waals surface area (Å²) in [6.07, 6.45) is 1.62. The van der Waals surface area contributed by atoms with E-state index in [0.717, 1.165) is 5.56 Å². The van der Waals surface area contributed by atoms with Crippen molar-refractivity contribution in [3.63, 3.8) is 0 Å². The fraction of sp³-hybridized carbons (Fsp3) is 0.0833. The van der Waals surface area contributed by atoms with Crippen LogP contribution >= 0.6 is 12.2 Å². The second kappa shape index (κ2) is 5.49. The number of rotatable bonds is 4. The van der Waals surface area contributed by atoms with Crippen LogP contribution in [0.3, 0.4) is 0 Å². The van der Waals surface area contributed by atoms with Crippen LogP contribution in [-0.2, 0) is 9.59 Å². The van der Waals surface area contributed by atoms with E-state index in [9.17, 15) is 14.7 Å². The van der Waals surface area contributed by atoms with Gasteiger partial charge in [0.05, 0.1) is 5.97 Å². The number of carbonyl (C=O) groups excluding carboxylic acids is 2. The van der Waals surface area contributed by atoms with Gasteiger partial charge in [-0.15, -0.1) is 0 Å². The van der Waals surface area contributed by atoms with Gasteiger partial charge in [0.2, 0.25) is 0 Å². The van der Waals surface area contributed by atoms with Gasteiger partial charge in [0.15, 0.2) is 5.11 Å². The molecule has 7 heteroatoms. The van der Waals surface area contributed by atoms with Gasteiger partial charge in [-0.2, -0.15) is 0 Å². The number of thiocarbonyl (C=S) groups is 1. The zero-order valence-electron chi connectivity index (χ0n) is 9.64. The average Bonchev–Trinajstić information content (AvgIpc) is 2.67. The Bertz CT molecular complexity index is 566. The summed E-state index contributed by atoms with van der Waals surface area (Å²) in [4.78, 5) is 21.6. The number of aliphatic carboxylic acids is 1. The molecule has 19 heavy (non-hydrogen) atoms. The van der Waals surface area contributed by atoms with Gasteiger partial charge < -0.3 is 20.0 Å². The first-order valence-electron chi connectivity index (χ1n) is 5.31. The molecule has 1 heterocycles. The SMILES string of the molecule is O=C([O-])COc1ccc(/C=C2/NC(=S)NC2=O)cc1. The minimum absolute atomic E-state index is 0.269. The zero-order chi connectivity index (χ0) is 13.8. The van der Waals surface area contributed by atoms with Crippen LogP contribution in [0.2, 0.25) is 0 Å². The molecule has 0 radical (unpaired) electrons. The van der Waals surface area contributed by atoms with Crippen molar-refractivity contribution in [2.45, 2.75) is 0 Å². The third-order valence-electron chi connectivity index (χ3n) is 2.27. The van der Waals surface area contributed by atoms with E-state index >= 15 is 0 Å². The standard InChI is InChI=1S/C12H10N2O4S/c15-10(16)6-18-8-3-1-7(2-4-8)5-9-11(17)14-12(19)13-9/h1-5H,6H2,(H,15,16)(H2,13,14,17,19)/p-1/b9-5+. The van der Waals surface area contributed by atoms with Crippen LogP contribution in [0.5, 0.6) is 5.75 Å². The molecular weight excluding hydrogens is 268 g/mol. The lowest BCUT2D eigenvalue weighted by Gasteiger charge is -2.06. The van der Waals surface area contributed by atoms with E-state index in [2.05, 4.69) is 10.6 Å². The summed E-state index contributed by atoms with van der Waals surface area (Å²) >= 11 is 4.80. The summed E-state index contributed by atoms with van der Waals surface area (Å²) in [5.41, 5.74) is 1.11. The molecule has 1 aliphatic heterocycles. The predicted octanol–water partition coefficient (Wildman–Crippen LogP) is -0.840. The van der Waals surface area contributed by atoms with E-state index in [4.69, 9.17) is 17.0 Å². The van der Waals surface area contributed by atoms with Crippen molar-refractivity contribution in [3.05, 3.63) is 35.5 Å². The second-order valence-electron chi connectivity index (χ2n) is 3.70. The largest absolute Gasteiger partial charge is 0.546 e. The van der Waals surface area contributed by atoms with Crippen LogP contribution in [-0.4, -0.2) is 23.6 Å². The van der Waals surface area contributed by atoms with Crippen LogP contribution in [0.25, 0.3) is 6.08 Å². The summed E-state index contributed by atoms with van der Waals surface area (Å²) in [6.45, 7) is -0.501. The first kappa shape index (κ1) is 13.0. The zero-order valence-corrected chi connectivity index (χ0v) is 10.5. The Labute approximate surface area is 114 Å². The number of ether oxygens (including phenoxy) is 1. The topological polar surface area (TPSA) is 90.5 Å². The summed E-state index contributed by atoms with van der Waals surface area (Å²) in [6, 6.07) is 6.57. The molecule has 1 aromatic carbocycles. The van der Waals surface area contributed by atoms with Crippen LogP contribution in [0, 0.1) is 0 Å². The molecule has 98 valence electrons. The third-order valence-corrected chi connectivity index (χ3v) is 2.47. The lowest BCUT2D eigenvalue weighted by Crippen LogP contribution is -2.28. The molecule has 0 spiro atoms. The molecule has 2 N–H and O–H groups in total. The summed E-state index contributed by atoms with van der Waals surface area (Å²) in [5.74, 6) is -1.17. The molecule has 1 aromatic rings. The Hall–Kier alpha value is -2.41. The van der Waals surface area contributed by atoms with Crippen molar-refractivity contribution < 1.29 is 19.4 Å². The molecule has 0 aromatic heterocycles. The molecule has 0 atom stereocenters. The van der Waals surface area contributed by atoms with Gasteiger partial charge in [0, 0.05) is 0 Å². The molecule has 1 fully saturated rings. The molecule has 2 rings (SSSR count).